The number of benzene rings is 1. The Kier molecular flexibility index (Phi) is 6.34. The summed E-state index contributed by atoms with van der Waals surface area (Å²) in [6.45, 7) is 8.44. The third-order valence-corrected chi connectivity index (χ3v) is 6.09. The molecule has 1 aromatic carbocycles. The molecule has 0 bridgehead atoms. The number of para-hydroxylation sites is 1. The number of aryl methyl sites for hydroxylation is 3. The summed E-state index contributed by atoms with van der Waals surface area (Å²) < 4.78 is 9.66. The lowest BCUT2D eigenvalue weighted by Crippen LogP contribution is -2.49. The maximum absolute atomic E-state index is 13.3. The molecule has 1 fully saturated rings. The van der Waals surface area contributed by atoms with Crippen LogP contribution in [0.1, 0.15) is 21.7 Å². The Morgan fingerprint density at radius 3 is 2.42 bits per heavy atom. The number of carbonyl (C=O) groups is 1. The van der Waals surface area contributed by atoms with Crippen molar-refractivity contribution in [2.24, 2.45) is 7.05 Å². The van der Waals surface area contributed by atoms with Crippen molar-refractivity contribution in [3.63, 3.8) is 0 Å². The van der Waals surface area contributed by atoms with E-state index in [1.165, 1.54) is 0 Å². The molecule has 164 valence electrons. The number of rotatable bonds is 6. The normalized spacial score (nSPS) is 14.8. The van der Waals surface area contributed by atoms with Gasteiger partial charge in [-0.3, -0.25) is 14.4 Å². The molecule has 3 aromatic rings. The first-order chi connectivity index (χ1) is 15.0. The van der Waals surface area contributed by atoms with Gasteiger partial charge in [-0.25, -0.2) is 0 Å². The summed E-state index contributed by atoms with van der Waals surface area (Å²) >= 11 is 6.14. The Hall–Kier alpha value is -2.77. The molecule has 7 nitrogen and oxygen atoms in total. The molecule has 0 spiro atoms. The fourth-order valence-electron chi connectivity index (χ4n) is 4.04. The predicted molar refractivity (Wildman–Crippen MR) is 121 cm³/mol. The number of hydrogen-bond acceptors (Lipinski definition) is 4. The minimum absolute atomic E-state index is 0.0302. The second kappa shape index (κ2) is 9.16. The van der Waals surface area contributed by atoms with E-state index in [2.05, 4.69) is 26.7 Å². The summed E-state index contributed by atoms with van der Waals surface area (Å²) in [5.74, 6) is 1.56. The molecule has 1 amide bonds. The zero-order chi connectivity index (χ0) is 22.0. The number of amides is 1. The van der Waals surface area contributed by atoms with Gasteiger partial charge in [0.2, 0.25) is 0 Å². The number of halogens is 1. The highest BCUT2D eigenvalue weighted by Crippen LogP contribution is 2.23. The summed E-state index contributed by atoms with van der Waals surface area (Å²) in [6, 6.07) is 11.6. The smallest absolute Gasteiger partial charge is 0.259 e. The number of piperazine rings is 1. The molecule has 3 heterocycles. The lowest BCUT2D eigenvalue weighted by molar-refractivity contribution is 0.0620. The maximum Gasteiger partial charge on any atom is 0.259 e. The molecule has 8 heteroatoms. The fraction of sp³-hybridized carbons (Fsp3) is 0.391. The van der Waals surface area contributed by atoms with Gasteiger partial charge >= 0.3 is 0 Å². The number of nitrogens with zero attached hydrogens (tertiary/aromatic N) is 5. The van der Waals surface area contributed by atoms with Gasteiger partial charge in [0.25, 0.3) is 5.91 Å². The minimum Gasteiger partial charge on any atom is -0.491 e. The molecule has 0 atom stereocenters. The highest BCUT2D eigenvalue weighted by Gasteiger charge is 2.27. The van der Waals surface area contributed by atoms with Gasteiger partial charge in [0.15, 0.2) is 0 Å². The molecular weight excluding hydrogens is 414 g/mol. The van der Waals surface area contributed by atoms with Gasteiger partial charge < -0.3 is 14.2 Å². The van der Waals surface area contributed by atoms with E-state index in [0.29, 0.717) is 36.0 Å². The van der Waals surface area contributed by atoms with Gasteiger partial charge in [0.05, 0.1) is 11.2 Å². The molecule has 1 saturated heterocycles. The molecule has 1 aliphatic rings. The van der Waals surface area contributed by atoms with Gasteiger partial charge in [-0.15, -0.1) is 0 Å². The van der Waals surface area contributed by atoms with Crippen molar-refractivity contribution in [2.45, 2.75) is 13.8 Å². The monoisotopic (exact) mass is 441 g/mol. The molecule has 0 aliphatic carbocycles. The van der Waals surface area contributed by atoms with Crippen molar-refractivity contribution in [1.29, 1.82) is 0 Å². The van der Waals surface area contributed by atoms with Crippen LogP contribution in [0, 0.1) is 13.8 Å². The quantitative estimate of drug-likeness (QED) is 0.589. The highest BCUT2D eigenvalue weighted by atomic mass is 35.5. The highest BCUT2D eigenvalue weighted by molar-refractivity contribution is 6.32. The standard InChI is InChI=1S/C23H28ClN5O2/c1-17-8-9-18(2)29(17)22-19(16-25-26(22)3)23(30)28-12-10-27(11-13-28)14-15-31-21-7-5-4-6-20(21)24/h4-9,16H,10-15H2,1-3H3. The first-order valence-corrected chi connectivity index (χ1v) is 10.9. The Balaban J connectivity index is 1.36. The van der Waals surface area contributed by atoms with E-state index >= 15 is 0 Å². The van der Waals surface area contributed by atoms with Crippen molar-refractivity contribution < 1.29 is 9.53 Å². The number of carbonyl (C=O) groups excluding carboxylic acids is 1. The lowest BCUT2D eigenvalue weighted by atomic mass is 10.2. The van der Waals surface area contributed by atoms with E-state index < -0.39 is 0 Å². The van der Waals surface area contributed by atoms with Crippen LogP contribution in [-0.4, -0.2) is 69.4 Å². The van der Waals surface area contributed by atoms with Gasteiger partial charge in [-0.2, -0.15) is 5.10 Å². The van der Waals surface area contributed by atoms with E-state index in [9.17, 15) is 4.79 Å². The molecule has 0 radical (unpaired) electrons. The van der Waals surface area contributed by atoms with Gasteiger partial charge in [0.1, 0.15) is 23.7 Å². The van der Waals surface area contributed by atoms with Crippen LogP contribution in [0.15, 0.2) is 42.6 Å². The van der Waals surface area contributed by atoms with Crippen LogP contribution in [0.3, 0.4) is 0 Å². The maximum atomic E-state index is 13.3. The van der Waals surface area contributed by atoms with E-state index in [0.717, 1.165) is 36.8 Å². The lowest BCUT2D eigenvalue weighted by Gasteiger charge is -2.34. The predicted octanol–water partition coefficient (Wildman–Crippen LogP) is 3.32. The first-order valence-electron chi connectivity index (χ1n) is 10.5. The zero-order valence-corrected chi connectivity index (χ0v) is 19.0. The van der Waals surface area contributed by atoms with Gasteiger partial charge in [-0.05, 0) is 38.1 Å². The summed E-state index contributed by atoms with van der Waals surface area (Å²) in [5.41, 5.74) is 2.80. The molecule has 2 aromatic heterocycles. The van der Waals surface area contributed by atoms with Crippen LogP contribution >= 0.6 is 11.6 Å². The van der Waals surface area contributed by atoms with Crippen LogP contribution in [0.5, 0.6) is 5.75 Å². The first kappa shape index (κ1) is 21.5. The molecule has 4 rings (SSSR count). The summed E-state index contributed by atoms with van der Waals surface area (Å²) in [4.78, 5) is 17.5. The van der Waals surface area contributed by atoms with E-state index in [4.69, 9.17) is 16.3 Å². The minimum atomic E-state index is 0.0302. The Morgan fingerprint density at radius 1 is 1.06 bits per heavy atom. The van der Waals surface area contributed by atoms with Crippen LogP contribution in [0.25, 0.3) is 5.82 Å². The molecule has 1 aliphatic heterocycles. The summed E-state index contributed by atoms with van der Waals surface area (Å²) in [6.07, 6.45) is 1.68. The van der Waals surface area contributed by atoms with Crippen molar-refractivity contribution in [3.8, 4) is 11.6 Å². The fourth-order valence-corrected chi connectivity index (χ4v) is 4.23. The number of aromatic nitrogens is 3. The van der Waals surface area contributed by atoms with E-state index in [-0.39, 0.29) is 5.91 Å². The van der Waals surface area contributed by atoms with E-state index in [1.807, 2.05) is 50.1 Å². The van der Waals surface area contributed by atoms with Crippen molar-refractivity contribution in [3.05, 3.63) is 64.6 Å². The van der Waals surface area contributed by atoms with Gasteiger partial charge in [-0.1, -0.05) is 23.7 Å². The summed E-state index contributed by atoms with van der Waals surface area (Å²) in [7, 11) is 1.88. The Morgan fingerprint density at radius 2 is 1.74 bits per heavy atom. The molecule has 0 saturated carbocycles. The SMILES string of the molecule is Cc1ccc(C)n1-c1c(C(=O)N2CCN(CCOc3ccccc3Cl)CC2)cnn1C. The molecular formula is C23H28ClN5O2. The Labute approximate surface area is 187 Å². The topological polar surface area (TPSA) is 55.5 Å². The molecule has 0 unspecified atom stereocenters. The van der Waals surface area contributed by atoms with Crippen LogP contribution in [0.2, 0.25) is 5.02 Å². The molecule has 31 heavy (non-hydrogen) atoms. The third kappa shape index (κ3) is 4.48. The molecule has 0 N–H and O–H groups in total. The second-order valence-electron chi connectivity index (χ2n) is 7.87. The van der Waals surface area contributed by atoms with Crippen LogP contribution in [-0.2, 0) is 7.05 Å². The average molecular weight is 442 g/mol. The third-order valence-electron chi connectivity index (χ3n) is 5.78. The van der Waals surface area contributed by atoms with Crippen LogP contribution in [0.4, 0.5) is 0 Å². The number of hydrogen-bond donors (Lipinski definition) is 0. The zero-order valence-electron chi connectivity index (χ0n) is 18.2. The number of ether oxygens (including phenoxy) is 1. The van der Waals surface area contributed by atoms with Crippen molar-refractivity contribution in [2.75, 3.05) is 39.3 Å². The van der Waals surface area contributed by atoms with Crippen LogP contribution < -0.4 is 4.74 Å². The van der Waals surface area contributed by atoms with E-state index in [1.54, 1.807) is 10.9 Å². The second-order valence-corrected chi connectivity index (χ2v) is 8.28. The summed E-state index contributed by atoms with van der Waals surface area (Å²) in [5, 5.41) is 5.00. The van der Waals surface area contributed by atoms with Gasteiger partial charge in [0, 0.05) is 51.2 Å². The average Bonchev–Trinajstić information content (AvgIpc) is 3.30. The largest absolute Gasteiger partial charge is 0.491 e. The van der Waals surface area contributed by atoms with Crippen molar-refractivity contribution in [1.82, 2.24) is 24.1 Å². The van der Waals surface area contributed by atoms with Crippen molar-refractivity contribution >= 4 is 17.5 Å². The Bertz CT molecular complexity index is 1050.